The lowest BCUT2D eigenvalue weighted by Gasteiger charge is -2.13. The van der Waals surface area contributed by atoms with Gasteiger partial charge in [0.1, 0.15) is 0 Å². The van der Waals surface area contributed by atoms with E-state index < -0.39 is 0 Å². The number of nitrogens with two attached hydrogens (primary N) is 2. The number of nitrogens with zero attached hydrogens (tertiary/aromatic N) is 2. The molecule has 22 heavy (non-hydrogen) atoms. The smallest absolute Gasteiger partial charge is 0.160 e. The summed E-state index contributed by atoms with van der Waals surface area (Å²) in [7, 11) is 3.27. The molecule has 0 aromatic heterocycles. The number of hydrogen-bond acceptors (Lipinski definition) is 4. The van der Waals surface area contributed by atoms with Crippen molar-refractivity contribution >= 4 is 12.7 Å². The maximum Gasteiger partial charge on any atom is 0.160 e. The van der Waals surface area contributed by atoms with Gasteiger partial charge < -0.3 is 20.9 Å². The Balaban J connectivity index is 2.56. The number of ether oxygens (including phenoxy) is 2. The van der Waals surface area contributed by atoms with Crippen LogP contribution in [0.25, 0.3) is 0 Å². The molecule has 1 aromatic carbocycles. The van der Waals surface area contributed by atoms with E-state index >= 15 is 0 Å². The number of rotatable bonds is 10. The van der Waals surface area contributed by atoms with Gasteiger partial charge in [0.2, 0.25) is 0 Å². The van der Waals surface area contributed by atoms with Crippen LogP contribution in [0.15, 0.2) is 28.2 Å². The maximum absolute atomic E-state index is 5.43. The van der Waals surface area contributed by atoms with Crippen LogP contribution in [-0.4, -0.2) is 39.5 Å². The van der Waals surface area contributed by atoms with E-state index in [-0.39, 0.29) is 6.04 Å². The molecule has 6 heteroatoms. The van der Waals surface area contributed by atoms with Crippen molar-refractivity contribution < 1.29 is 9.47 Å². The molecular weight excluding hydrogens is 280 g/mol. The lowest BCUT2D eigenvalue weighted by molar-refractivity contribution is 0.354. The van der Waals surface area contributed by atoms with Crippen LogP contribution in [-0.2, 0) is 6.42 Å². The van der Waals surface area contributed by atoms with E-state index in [1.165, 1.54) is 18.2 Å². The van der Waals surface area contributed by atoms with Crippen LogP contribution in [0.4, 0.5) is 0 Å². The molecule has 0 heterocycles. The molecule has 0 amide bonds. The third-order valence-corrected chi connectivity index (χ3v) is 3.44. The van der Waals surface area contributed by atoms with Crippen molar-refractivity contribution in [1.82, 2.24) is 0 Å². The van der Waals surface area contributed by atoms with Gasteiger partial charge in [-0.25, -0.2) is 0 Å². The van der Waals surface area contributed by atoms with E-state index in [0.29, 0.717) is 0 Å². The third kappa shape index (κ3) is 6.03. The van der Waals surface area contributed by atoms with Crippen molar-refractivity contribution in [2.24, 2.45) is 21.5 Å². The monoisotopic (exact) mass is 306 g/mol. The molecule has 0 spiro atoms. The van der Waals surface area contributed by atoms with Gasteiger partial charge in [0.05, 0.1) is 32.9 Å². The normalized spacial score (nSPS) is 12.8. The maximum atomic E-state index is 5.43. The van der Waals surface area contributed by atoms with Crippen LogP contribution in [0.1, 0.15) is 24.8 Å². The molecule has 0 aliphatic rings. The van der Waals surface area contributed by atoms with E-state index in [1.54, 1.807) is 14.2 Å². The average Bonchev–Trinajstić information content (AvgIpc) is 2.56. The number of methoxy groups -OCH3 is 2. The summed E-state index contributed by atoms with van der Waals surface area (Å²) in [5.74, 6) is 1.48. The highest BCUT2D eigenvalue weighted by Crippen LogP contribution is 2.28. The van der Waals surface area contributed by atoms with Crippen molar-refractivity contribution in [3.05, 3.63) is 23.8 Å². The van der Waals surface area contributed by atoms with Gasteiger partial charge >= 0.3 is 0 Å². The Bertz CT molecular complexity index is 489. The summed E-state index contributed by atoms with van der Waals surface area (Å²) in [4.78, 5) is 8.33. The molecule has 0 bridgehead atoms. The molecule has 0 aliphatic heterocycles. The van der Waals surface area contributed by atoms with Gasteiger partial charge in [-0.1, -0.05) is 6.07 Å². The predicted octanol–water partition coefficient (Wildman–Crippen LogP) is 1.76. The Morgan fingerprint density at radius 1 is 1.09 bits per heavy atom. The highest BCUT2D eigenvalue weighted by Gasteiger charge is 2.09. The highest BCUT2D eigenvalue weighted by atomic mass is 16.5. The molecule has 1 aromatic rings. The lowest BCUT2D eigenvalue weighted by Crippen LogP contribution is -2.09. The van der Waals surface area contributed by atoms with Crippen molar-refractivity contribution in [3.8, 4) is 11.5 Å². The quantitative estimate of drug-likeness (QED) is 0.391. The minimum absolute atomic E-state index is 0.200. The van der Waals surface area contributed by atoms with Crippen LogP contribution in [0.5, 0.6) is 11.5 Å². The summed E-state index contributed by atoms with van der Waals surface area (Å²) in [5, 5.41) is 0. The van der Waals surface area contributed by atoms with Gasteiger partial charge in [-0.3, -0.25) is 9.98 Å². The van der Waals surface area contributed by atoms with E-state index in [2.05, 4.69) is 9.98 Å². The molecule has 0 saturated carbocycles. The molecule has 122 valence electrons. The average molecular weight is 306 g/mol. The fourth-order valence-electron chi connectivity index (χ4n) is 2.28. The number of benzene rings is 1. The summed E-state index contributed by atoms with van der Waals surface area (Å²) in [6.07, 6.45) is 6.44. The molecule has 0 fully saturated rings. The van der Waals surface area contributed by atoms with Gasteiger partial charge in [0, 0.05) is 6.54 Å². The first-order valence-electron chi connectivity index (χ1n) is 7.39. The SMILES string of the molecule is COc1ccc(CC[C@H](CCCN=CN)N=CN)cc1OC. The van der Waals surface area contributed by atoms with E-state index in [9.17, 15) is 0 Å². The van der Waals surface area contributed by atoms with Crippen LogP contribution < -0.4 is 20.9 Å². The van der Waals surface area contributed by atoms with Crippen LogP contribution in [0.3, 0.4) is 0 Å². The Kier molecular flexibility index (Phi) is 8.49. The van der Waals surface area contributed by atoms with E-state index in [4.69, 9.17) is 20.9 Å². The van der Waals surface area contributed by atoms with Crippen LogP contribution >= 0.6 is 0 Å². The number of aliphatic imine (C=N–C) groups is 2. The Morgan fingerprint density at radius 2 is 1.86 bits per heavy atom. The fraction of sp³-hybridized carbons (Fsp3) is 0.500. The fourth-order valence-corrected chi connectivity index (χ4v) is 2.28. The topological polar surface area (TPSA) is 95.2 Å². The molecule has 6 nitrogen and oxygen atoms in total. The molecule has 0 aliphatic carbocycles. The first-order chi connectivity index (χ1) is 10.7. The number of aryl methyl sites for hydroxylation is 1. The molecule has 1 atom stereocenters. The van der Waals surface area contributed by atoms with E-state index in [0.717, 1.165) is 43.7 Å². The summed E-state index contributed by atoms with van der Waals surface area (Å²) in [5.41, 5.74) is 11.9. The highest BCUT2D eigenvalue weighted by molar-refractivity contribution is 5.51. The van der Waals surface area contributed by atoms with Gasteiger partial charge in [-0.15, -0.1) is 0 Å². The zero-order chi connectivity index (χ0) is 16.2. The zero-order valence-electron chi connectivity index (χ0n) is 13.4. The van der Waals surface area contributed by atoms with E-state index in [1.807, 2.05) is 18.2 Å². The summed E-state index contributed by atoms with van der Waals surface area (Å²) in [6, 6.07) is 6.17. The molecular formula is C16H26N4O2. The van der Waals surface area contributed by atoms with Crippen molar-refractivity contribution in [1.29, 1.82) is 0 Å². The first-order valence-corrected chi connectivity index (χ1v) is 7.39. The third-order valence-electron chi connectivity index (χ3n) is 3.44. The number of hydrogen-bond donors (Lipinski definition) is 2. The minimum Gasteiger partial charge on any atom is -0.493 e. The molecule has 0 unspecified atom stereocenters. The van der Waals surface area contributed by atoms with Gasteiger partial charge in [0.15, 0.2) is 11.5 Å². The van der Waals surface area contributed by atoms with Gasteiger partial charge in [0.25, 0.3) is 0 Å². The molecule has 0 radical (unpaired) electrons. The van der Waals surface area contributed by atoms with Crippen LogP contribution in [0, 0.1) is 0 Å². The lowest BCUT2D eigenvalue weighted by atomic mass is 10.0. The van der Waals surface area contributed by atoms with Gasteiger partial charge in [-0.05, 0) is 43.4 Å². The molecule has 1 rings (SSSR count). The first kappa shape index (κ1) is 17.8. The predicted molar refractivity (Wildman–Crippen MR) is 91.1 cm³/mol. The second-order valence-electron chi connectivity index (χ2n) is 4.88. The summed E-state index contributed by atoms with van der Waals surface area (Å²) >= 11 is 0. The minimum atomic E-state index is 0.200. The summed E-state index contributed by atoms with van der Waals surface area (Å²) in [6.45, 7) is 0.726. The van der Waals surface area contributed by atoms with Crippen molar-refractivity contribution in [2.45, 2.75) is 31.7 Å². The molecule has 0 saturated heterocycles. The second-order valence-corrected chi connectivity index (χ2v) is 4.88. The Morgan fingerprint density at radius 3 is 2.50 bits per heavy atom. The van der Waals surface area contributed by atoms with Gasteiger partial charge in [-0.2, -0.15) is 0 Å². The van der Waals surface area contributed by atoms with Crippen molar-refractivity contribution in [3.63, 3.8) is 0 Å². The van der Waals surface area contributed by atoms with Crippen LogP contribution in [0.2, 0.25) is 0 Å². The molecule has 4 N–H and O–H groups in total. The standard InChI is InChI=1S/C16H26N4O2/c1-21-15-8-6-13(10-16(15)22-2)5-7-14(20-12-18)4-3-9-19-11-17/h6,8,10-12,14H,3-5,7,9H2,1-2H3,(H2,17,19)(H2,18,20)/t14-/m0/s1. The second kappa shape index (κ2) is 10.5. The Labute approximate surface area is 132 Å². The van der Waals surface area contributed by atoms with Crippen molar-refractivity contribution in [2.75, 3.05) is 20.8 Å². The Hall–Kier alpha value is -2.24. The zero-order valence-corrected chi connectivity index (χ0v) is 13.4. The summed E-state index contributed by atoms with van der Waals surface area (Å²) < 4.78 is 10.6. The largest absolute Gasteiger partial charge is 0.493 e.